The number of hydrogen-bond donors (Lipinski definition) is 0. The summed E-state index contributed by atoms with van der Waals surface area (Å²) in [5.74, 6) is 0.786. The Morgan fingerprint density at radius 2 is 1.82 bits per heavy atom. The molecule has 0 fully saturated rings. The van der Waals surface area contributed by atoms with Crippen molar-refractivity contribution >= 4 is 23.1 Å². The van der Waals surface area contributed by atoms with Crippen LogP contribution < -0.4 is 19.6 Å². The summed E-state index contributed by atoms with van der Waals surface area (Å²) in [7, 11) is 1.67. The number of allylic oxidation sites excluding steroid dienone is 1. The third-order valence-electron chi connectivity index (χ3n) is 6.38. The highest BCUT2D eigenvalue weighted by Crippen LogP contribution is 2.41. The average molecular weight is 451 g/mol. The minimum absolute atomic E-state index is 0.000770. The van der Waals surface area contributed by atoms with E-state index in [0.29, 0.717) is 4.53 Å². The van der Waals surface area contributed by atoms with Gasteiger partial charge in [0.25, 0.3) is 5.56 Å². The zero-order valence-corrected chi connectivity index (χ0v) is 19.0. The lowest BCUT2D eigenvalue weighted by molar-refractivity contribution is 0.413. The molecule has 0 bridgehead atoms. The van der Waals surface area contributed by atoms with Crippen LogP contribution >= 0.6 is 11.3 Å². The van der Waals surface area contributed by atoms with E-state index < -0.39 is 0 Å². The quantitative estimate of drug-likeness (QED) is 0.466. The van der Waals surface area contributed by atoms with E-state index >= 15 is 0 Å². The number of methoxy groups -OCH3 is 1. The van der Waals surface area contributed by atoms with Crippen LogP contribution in [0.25, 0.3) is 11.8 Å². The van der Waals surface area contributed by atoms with Gasteiger partial charge in [0.1, 0.15) is 5.75 Å². The van der Waals surface area contributed by atoms with Crippen molar-refractivity contribution in [3.63, 3.8) is 0 Å². The smallest absolute Gasteiger partial charge is 0.271 e. The van der Waals surface area contributed by atoms with Crippen molar-refractivity contribution in [2.24, 2.45) is 4.99 Å². The molecular formula is C28H22N2O2S. The van der Waals surface area contributed by atoms with Crippen molar-refractivity contribution in [1.29, 1.82) is 0 Å². The van der Waals surface area contributed by atoms with Crippen LogP contribution in [0, 0.1) is 0 Å². The van der Waals surface area contributed by atoms with Gasteiger partial charge in [-0.2, -0.15) is 0 Å². The molecule has 5 heteroatoms. The molecule has 0 amide bonds. The lowest BCUT2D eigenvalue weighted by atomic mass is 9.83. The van der Waals surface area contributed by atoms with Crippen molar-refractivity contribution in [2.75, 3.05) is 7.11 Å². The summed E-state index contributed by atoms with van der Waals surface area (Å²) >= 11 is 1.46. The summed E-state index contributed by atoms with van der Waals surface area (Å²) in [6, 6.07) is 26.3. The van der Waals surface area contributed by atoms with E-state index in [1.807, 2.05) is 59.2 Å². The Morgan fingerprint density at radius 1 is 1.00 bits per heavy atom. The molecule has 2 heterocycles. The first kappa shape index (κ1) is 19.9. The number of aromatic nitrogens is 1. The Labute approximate surface area is 195 Å². The Hall–Kier alpha value is -3.70. The second kappa shape index (κ2) is 8.01. The fourth-order valence-corrected chi connectivity index (χ4v) is 5.84. The van der Waals surface area contributed by atoms with Crippen LogP contribution in [0.3, 0.4) is 0 Å². The average Bonchev–Trinajstić information content (AvgIpc) is 3.17. The van der Waals surface area contributed by atoms with E-state index in [2.05, 4.69) is 30.3 Å². The summed E-state index contributed by atoms with van der Waals surface area (Å²) in [6.07, 6.45) is 3.78. The minimum Gasteiger partial charge on any atom is -0.497 e. The molecule has 0 saturated heterocycles. The first-order valence-electron chi connectivity index (χ1n) is 11.0. The predicted octanol–water partition coefficient (Wildman–Crippen LogP) is 4.33. The molecule has 4 nitrogen and oxygen atoms in total. The van der Waals surface area contributed by atoms with E-state index in [0.717, 1.165) is 40.2 Å². The minimum atomic E-state index is -0.197. The number of ether oxygens (including phenoxy) is 1. The molecular weight excluding hydrogens is 428 g/mol. The van der Waals surface area contributed by atoms with Gasteiger partial charge in [-0.25, -0.2) is 4.99 Å². The van der Waals surface area contributed by atoms with Gasteiger partial charge in [0.15, 0.2) is 4.80 Å². The molecule has 1 aromatic heterocycles. The Bertz CT molecular complexity index is 1580. The van der Waals surface area contributed by atoms with Crippen LogP contribution in [-0.2, 0) is 6.42 Å². The van der Waals surface area contributed by atoms with E-state index in [9.17, 15) is 4.79 Å². The number of aryl methyl sites for hydroxylation is 1. The molecule has 4 aromatic rings. The lowest BCUT2D eigenvalue weighted by Gasteiger charge is -2.31. The van der Waals surface area contributed by atoms with Crippen molar-refractivity contribution in [1.82, 2.24) is 4.57 Å². The zero-order chi connectivity index (χ0) is 22.4. The van der Waals surface area contributed by atoms with Crippen LogP contribution in [0.5, 0.6) is 5.75 Å². The largest absolute Gasteiger partial charge is 0.497 e. The fourth-order valence-electron chi connectivity index (χ4n) is 4.83. The summed E-state index contributed by atoms with van der Waals surface area (Å²) in [4.78, 5) is 19.5. The summed E-state index contributed by atoms with van der Waals surface area (Å²) in [5, 5.41) is 0. The monoisotopic (exact) mass is 450 g/mol. The van der Waals surface area contributed by atoms with Gasteiger partial charge in [-0.1, -0.05) is 78.1 Å². The van der Waals surface area contributed by atoms with Gasteiger partial charge in [-0.3, -0.25) is 9.36 Å². The Kier molecular flexibility index (Phi) is 4.84. The second-order valence-electron chi connectivity index (χ2n) is 8.30. The maximum Gasteiger partial charge on any atom is 0.271 e. The topological polar surface area (TPSA) is 43.6 Å². The van der Waals surface area contributed by atoms with Crippen molar-refractivity contribution in [3.8, 4) is 5.75 Å². The first-order chi connectivity index (χ1) is 16.2. The summed E-state index contributed by atoms with van der Waals surface area (Å²) in [5.41, 5.74) is 6.75. The van der Waals surface area contributed by atoms with E-state index in [4.69, 9.17) is 9.73 Å². The van der Waals surface area contributed by atoms with Crippen molar-refractivity contribution < 1.29 is 4.74 Å². The van der Waals surface area contributed by atoms with Crippen molar-refractivity contribution in [2.45, 2.75) is 18.9 Å². The molecule has 1 unspecified atom stereocenters. The SMILES string of the molecule is COc1cccc(C2C3=C(N=c4sc(=Cc5ccccc5)c(=O)n42)c2ccccc2CC3)c1. The number of fused-ring (bicyclic) bond motifs is 3. The molecule has 162 valence electrons. The van der Waals surface area contributed by atoms with E-state index in [-0.39, 0.29) is 11.6 Å². The molecule has 2 aliphatic rings. The van der Waals surface area contributed by atoms with Crippen LogP contribution in [0.2, 0.25) is 0 Å². The molecule has 0 spiro atoms. The van der Waals surface area contributed by atoms with Gasteiger partial charge in [-0.05, 0) is 53.3 Å². The Balaban J connectivity index is 1.64. The number of thiazole rings is 1. The van der Waals surface area contributed by atoms with Gasteiger partial charge < -0.3 is 4.74 Å². The highest BCUT2D eigenvalue weighted by Gasteiger charge is 2.32. The zero-order valence-electron chi connectivity index (χ0n) is 18.2. The molecule has 1 aliphatic carbocycles. The third kappa shape index (κ3) is 3.36. The standard InChI is InChI=1S/C28H22N2O2S/c1-32-21-12-7-11-20(17-21)26-23-15-14-19-10-5-6-13-22(19)25(23)29-28-30(26)27(31)24(33-28)16-18-8-3-2-4-9-18/h2-13,16-17,26H,14-15H2,1H3. The third-order valence-corrected chi connectivity index (χ3v) is 7.36. The Morgan fingerprint density at radius 3 is 2.67 bits per heavy atom. The molecule has 0 radical (unpaired) electrons. The van der Waals surface area contributed by atoms with Crippen LogP contribution in [0.4, 0.5) is 0 Å². The normalized spacial score (nSPS) is 17.1. The highest BCUT2D eigenvalue weighted by molar-refractivity contribution is 7.07. The van der Waals surface area contributed by atoms with Gasteiger partial charge in [-0.15, -0.1) is 0 Å². The molecule has 1 aliphatic heterocycles. The molecule has 0 N–H and O–H groups in total. The van der Waals surface area contributed by atoms with E-state index in [1.54, 1.807) is 7.11 Å². The van der Waals surface area contributed by atoms with Gasteiger partial charge in [0.2, 0.25) is 0 Å². The molecule has 33 heavy (non-hydrogen) atoms. The number of hydrogen-bond acceptors (Lipinski definition) is 4. The fraction of sp³-hybridized carbons (Fsp3) is 0.143. The van der Waals surface area contributed by atoms with Gasteiger partial charge in [0.05, 0.1) is 23.4 Å². The summed E-state index contributed by atoms with van der Waals surface area (Å²) in [6.45, 7) is 0. The van der Waals surface area contributed by atoms with Crippen LogP contribution in [0.1, 0.15) is 34.7 Å². The molecule has 1 atom stereocenters. The number of benzene rings is 3. The lowest BCUT2D eigenvalue weighted by Crippen LogP contribution is -2.38. The molecule has 6 rings (SSSR count). The second-order valence-corrected chi connectivity index (χ2v) is 9.31. The summed E-state index contributed by atoms with van der Waals surface area (Å²) < 4.78 is 8.08. The van der Waals surface area contributed by atoms with Gasteiger partial charge >= 0.3 is 0 Å². The van der Waals surface area contributed by atoms with Crippen LogP contribution in [0.15, 0.2) is 94.2 Å². The van der Waals surface area contributed by atoms with Gasteiger partial charge in [0, 0.05) is 5.56 Å². The maximum atomic E-state index is 13.7. The van der Waals surface area contributed by atoms with E-state index in [1.165, 1.54) is 28.0 Å². The molecule has 3 aromatic carbocycles. The predicted molar refractivity (Wildman–Crippen MR) is 132 cm³/mol. The number of rotatable bonds is 3. The first-order valence-corrected chi connectivity index (χ1v) is 11.9. The number of nitrogens with zero attached hydrogens (tertiary/aromatic N) is 2. The molecule has 0 saturated carbocycles. The van der Waals surface area contributed by atoms with Crippen molar-refractivity contribution in [3.05, 3.63) is 126 Å². The highest BCUT2D eigenvalue weighted by atomic mass is 32.1. The maximum absolute atomic E-state index is 13.7. The van der Waals surface area contributed by atoms with Crippen LogP contribution in [-0.4, -0.2) is 11.7 Å².